The first-order valence-corrected chi connectivity index (χ1v) is 6.53. The zero-order valence-electron chi connectivity index (χ0n) is 11.4. The molecule has 1 aromatic heterocycles. The maximum Gasteiger partial charge on any atom is 0.335 e. The van der Waals surface area contributed by atoms with Gasteiger partial charge in [0.15, 0.2) is 0 Å². The number of anilines is 1. The lowest BCUT2D eigenvalue weighted by Crippen LogP contribution is -2.36. The maximum atomic E-state index is 11.1. The molecule has 6 heteroatoms. The van der Waals surface area contributed by atoms with Crippen LogP contribution in [0.1, 0.15) is 30.6 Å². The number of carbonyl (C=O) groups is 1. The van der Waals surface area contributed by atoms with Gasteiger partial charge in [-0.2, -0.15) is 0 Å². The number of carboxylic acid groups (broad SMARTS) is 1. The number of pyridine rings is 1. The number of methoxy groups -OCH3 is 1. The zero-order valence-corrected chi connectivity index (χ0v) is 12.1. The topological polar surface area (TPSA) is 62.7 Å². The summed E-state index contributed by atoms with van der Waals surface area (Å²) in [5.74, 6) is -0.447. The number of ether oxygens (including phenoxy) is 1. The third-order valence-electron chi connectivity index (χ3n) is 2.98. The molecule has 0 spiro atoms. The molecule has 1 N–H and O–H groups in total. The molecular formula is C13H19ClN2O3. The molecule has 0 saturated carbocycles. The van der Waals surface area contributed by atoms with Crippen molar-refractivity contribution in [3.05, 3.63) is 22.8 Å². The van der Waals surface area contributed by atoms with Gasteiger partial charge in [0.25, 0.3) is 0 Å². The molecule has 0 amide bonds. The number of hydrogen-bond acceptors (Lipinski definition) is 4. The van der Waals surface area contributed by atoms with E-state index < -0.39 is 5.97 Å². The highest BCUT2D eigenvalue weighted by Crippen LogP contribution is 2.21. The second-order valence-electron chi connectivity index (χ2n) is 4.29. The molecule has 1 heterocycles. The summed E-state index contributed by atoms with van der Waals surface area (Å²) >= 11 is 5.89. The summed E-state index contributed by atoms with van der Waals surface area (Å²) in [6.07, 6.45) is 0.917. The first-order chi connectivity index (χ1) is 8.99. The van der Waals surface area contributed by atoms with E-state index in [1.807, 2.05) is 4.90 Å². The number of aromatic carboxylic acids is 1. The molecule has 106 valence electrons. The molecule has 0 saturated heterocycles. The van der Waals surface area contributed by atoms with Crippen molar-refractivity contribution in [1.82, 2.24) is 4.98 Å². The van der Waals surface area contributed by atoms with E-state index in [-0.39, 0.29) is 16.8 Å². The minimum atomic E-state index is -1.01. The Bertz CT molecular complexity index is 440. The molecule has 19 heavy (non-hydrogen) atoms. The van der Waals surface area contributed by atoms with Gasteiger partial charge in [0, 0.05) is 19.7 Å². The van der Waals surface area contributed by atoms with Gasteiger partial charge in [-0.1, -0.05) is 18.5 Å². The van der Waals surface area contributed by atoms with E-state index in [9.17, 15) is 4.79 Å². The number of aromatic nitrogens is 1. The summed E-state index contributed by atoms with van der Waals surface area (Å²) < 4.78 is 5.08. The summed E-state index contributed by atoms with van der Waals surface area (Å²) in [4.78, 5) is 17.3. The van der Waals surface area contributed by atoms with Gasteiger partial charge in [-0.05, 0) is 25.5 Å². The molecule has 1 rings (SSSR count). The van der Waals surface area contributed by atoms with Gasteiger partial charge in [-0.3, -0.25) is 0 Å². The van der Waals surface area contributed by atoms with Gasteiger partial charge in [0.05, 0.1) is 12.2 Å². The average Bonchev–Trinajstić information content (AvgIpc) is 2.38. The quantitative estimate of drug-likeness (QED) is 0.781. The Morgan fingerprint density at radius 2 is 2.26 bits per heavy atom. The largest absolute Gasteiger partial charge is 0.478 e. The first-order valence-electron chi connectivity index (χ1n) is 6.16. The minimum Gasteiger partial charge on any atom is -0.478 e. The molecule has 0 radical (unpaired) electrons. The summed E-state index contributed by atoms with van der Waals surface area (Å²) in [5, 5.41) is 9.24. The highest BCUT2D eigenvalue weighted by Gasteiger charge is 2.17. The van der Waals surface area contributed by atoms with Crippen LogP contribution in [0.5, 0.6) is 0 Å². The number of hydrogen-bond donors (Lipinski definition) is 1. The molecule has 1 unspecified atom stereocenters. The Morgan fingerprint density at radius 1 is 1.58 bits per heavy atom. The van der Waals surface area contributed by atoms with E-state index in [0.29, 0.717) is 19.0 Å². The van der Waals surface area contributed by atoms with Crippen LogP contribution in [0, 0.1) is 0 Å². The standard InChI is InChI=1S/C13H19ClN2O3/c1-4-9(2)16(5-6-19-3)12-8-10(13(17)18)7-11(14)15-12/h7-9H,4-6H2,1-3H3,(H,17,18). The van der Waals surface area contributed by atoms with Crippen LogP contribution in [0.4, 0.5) is 5.82 Å². The molecule has 0 aliphatic heterocycles. The number of nitrogens with zero attached hydrogens (tertiary/aromatic N) is 2. The third kappa shape index (κ3) is 4.36. The summed E-state index contributed by atoms with van der Waals surface area (Å²) in [6.45, 7) is 5.30. The van der Waals surface area contributed by atoms with Crippen molar-refractivity contribution < 1.29 is 14.6 Å². The Hall–Kier alpha value is -1.33. The summed E-state index contributed by atoms with van der Waals surface area (Å²) in [5.41, 5.74) is 0.140. The van der Waals surface area contributed by atoms with Crippen molar-refractivity contribution in [2.24, 2.45) is 0 Å². The SMILES string of the molecule is CCC(C)N(CCOC)c1cc(C(=O)O)cc(Cl)n1. The molecule has 1 aromatic rings. The van der Waals surface area contributed by atoms with Crippen molar-refractivity contribution in [2.45, 2.75) is 26.3 Å². The van der Waals surface area contributed by atoms with Gasteiger partial charge in [-0.15, -0.1) is 0 Å². The monoisotopic (exact) mass is 286 g/mol. The van der Waals surface area contributed by atoms with Gasteiger partial charge in [0.1, 0.15) is 11.0 Å². The number of halogens is 1. The molecular weight excluding hydrogens is 268 g/mol. The maximum absolute atomic E-state index is 11.1. The molecule has 5 nitrogen and oxygen atoms in total. The van der Waals surface area contributed by atoms with Crippen LogP contribution in [-0.2, 0) is 4.74 Å². The number of rotatable bonds is 7. The van der Waals surface area contributed by atoms with Crippen LogP contribution >= 0.6 is 11.6 Å². The van der Waals surface area contributed by atoms with Gasteiger partial charge in [0.2, 0.25) is 0 Å². The van der Waals surface area contributed by atoms with Crippen LogP contribution in [-0.4, -0.2) is 42.4 Å². The second kappa shape index (κ2) is 7.31. The predicted molar refractivity (Wildman–Crippen MR) is 75.2 cm³/mol. The molecule has 1 atom stereocenters. The lowest BCUT2D eigenvalue weighted by molar-refractivity contribution is 0.0696. The summed E-state index contributed by atoms with van der Waals surface area (Å²) in [7, 11) is 1.63. The second-order valence-corrected chi connectivity index (χ2v) is 4.67. The van der Waals surface area contributed by atoms with E-state index in [1.54, 1.807) is 7.11 Å². The highest BCUT2D eigenvalue weighted by atomic mass is 35.5. The van der Waals surface area contributed by atoms with Crippen LogP contribution in [0.2, 0.25) is 5.15 Å². The van der Waals surface area contributed by atoms with E-state index in [0.717, 1.165) is 6.42 Å². The van der Waals surface area contributed by atoms with E-state index >= 15 is 0 Å². The fourth-order valence-corrected chi connectivity index (χ4v) is 1.93. The average molecular weight is 287 g/mol. The Balaban J connectivity index is 3.10. The van der Waals surface area contributed by atoms with E-state index in [2.05, 4.69) is 18.8 Å². The third-order valence-corrected chi connectivity index (χ3v) is 3.17. The zero-order chi connectivity index (χ0) is 14.4. The van der Waals surface area contributed by atoms with Crippen molar-refractivity contribution in [3.8, 4) is 0 Å². The van der Waals surface area contributed by atoms with Crippen molar-refractivity contribution in [1.29, 1.82) is 0 Å². The van der Waals surface area contributed by atoms with Crippen molar-refractivity contribution in [3.63, 3.8) is 0 Å². The molecule has 0 aliphatic carbocycles. The number of carboxylic acids is 1. The van der Waals surface area contributed by atoms with Crippen LogP contribution < -0.4 is 4.90 Å². The molecule has 0 fully saturated rings. The fourth-order valence-electron chi connectivity index (χ4n) is 1.72. The van der Waals surface area contributed by atoms with Gasteiger partial charge >= 0.3 is 5.97 Å². The van der Waals surface area contributed by atoms with E-state index in [4.69, 9.17) is 21.4 Å². The lowest BCUT2D eigenvalue weighted by Gasteiger charge is -2.29. The Morgan fingerprint density at radius 3 is 2.79 bits per heavy atom. The predicted octanol–water partition coefficient (Wildman–Crippen LogP) is 2.68. The van der Waals surface area contributed by atoms with Gasteiger partial charge in [-0.25, -0.2) is 9.78 Å². The first kappa shape index (κ1) is 15.7. The highest BCUT2D eigenvalue weighted by molar-refractivity contribution is 6.29. The Kier molecular flexibility index (Phi) is 6.05. The van der Waals surface area contributed by atoms with E-state index in [1.165, 1.54) is 12.1 Å². The van der Waals surface area contributed by atoms with Crippen LogP contribution in [0.15, 0.2) is 12.1 Å². The molecule has 0 aromatic carbocycles. The fraction of sp³-hybridized carbons (Fsp3) is 0.538. The molecule has 0 aliphatic rings. The molecule has 0 bridgehead atoms. The summed E-state index contributed by atoms with van der Waals surface area (Å²) in [6, 6.07) is 3.11. The lowest BCUT2D eigenvalue weighted by atomic mass is 10.2. The normalized spacial score (nSPS) is 12.2. The smallest absolute Gasteiger partial charge is 0.335 e. The van der Waals surface area contributed by atoms with Crippen molar-refractivity contribution in [2.75, 3.05) is 25.2 Å². The van der Waals surface area contributed by atoms with Crippen molar-refractivity contribution >= 4 is 23.4 Å². The van der Waals surface area contributed by atoms with Crippen LogP contribution in [0.25, 0.3) is 0 Å². The van der Waals surface area contributed by atoms with Crippen LogP contribution in [0.3, 0.4) is 0 Å². The Labute approximate surface area is 118 Å². The minimum absolute atomic E-state index is 0.140. The van der Waals surface area contributed by atoms with Gasteiger partial charge < -0.3 is 14.7 Å².